The van der Waals surface area contributed by atoms with E-state index in [0.29, 0.717) is 0 Å². The van der Waals surface area contributed by atoms with Crippen molar-refractivity contribution in [3.05, 3.63) is 27.2 Å². The van der Waals surface area contributed by atoms with Crippen LogP contribution in [0.3, 0.4) is 0 Å². The van der Waals surface area contributed by atoms with Gasteiger partial charge in [0.1, 0.15) is 0 Å². The lowest BCUT2D eigenvalue weighted by molar-refractivity contribution is 0.231. The normalized spacial score (nSPS) is 17.4. The summed E-state index contributed by atoms with van der Waals surface area (Å²) >= 11 is 0. The van der Waals surface area contributed by atoms with Crippen LogP contribution >= 0.6 is 0 Å². The first-order valence-electron chi connectivity index (χ1n) is 6.06. The van der Waals surface area contributed by atoms with Crippen molar-refractivity contribution >= 4 is 0 Å². The molecule has 0 saturated carbocycles. The molecule has 0 atom stereocenters. The van der Waals surface area contributed by atoms with Gasteiger partial charge in [0.05, 0.1) is 5.69 Å². The molecule has 0 aliphatic carbocycles. The molecule has 0 radical (unpaired) electrons. The molecular formula is C12H20N4O. The second-order valence-corrected chi connectivity index (χ2v) is 4.64. The second-order valence-electron chi connectivity index (χ2n) is 4.64. The lowest BCUT2D eigenvalue weighted by Crippen LogP contribution is -2.44. The van der Waals surface area contributed by atoms with Crippen LogP contribution in [0.4, 0.5) is 0 Å². The second kappa shape index (κ2) is 4.98. The monoisotopic (exact) mass is 236 g/mol. The summed E-state index contributed by atoms with van der Waals surface area (Å²) in [6.45, 7) is 8.70. The van der Waals surface area contributed by atoms with Crippen LogP contribution in [-0.2, 0) is 13.6 Å². The van der Waals surface area contributed by atoms with Crippen molar-refractivity contribution in [3.63, 3.8) is 0 Å². The quantitative estimate of drug-likeness (QED) is 0.773. The average Bonchev–Trinajstić information content (AvgIpc) is 2.33. The van der Waals surface area contributed by atoms with E-state index in [0.717, 1.165) is 49.5 Å². The Morgan fingerprint density at radius 3 is 2.59 bits per heavy atom. The molecule has 0 bridgehead atoms. The van der Waals surface area contributed by atoms with E-state index in [1.165, 1.54) is 4.68 Å². The van der Waals surface area contributed by atoms with Crippen LogP contribution in [0.15, 0.2) is 4.79 Å². The number of hydrogen-bond donors (Lipinski definition) is 1. The summed E-state index contributed by atoms with van der Waals surface area (Å²) in [5, 5.41) is 7.51. The molecule has 5 heteroatoms. The van der Waals surface area contributed by atoms with E-state index in [4.69, 9.17) is 0 Å². The van der Waals surface area contributed by atoms with E-state index in [1.54, 1.807) is 7.05 Å². The maximum Gasteiger partial charge on any atom is 0.271 e. The Bertz CT molecular complexity index is 460. The van der Waals surface area contributed by atoms with E-state index >= 15 is 0 Å². The van der Waals surface area contributed by atoms with Crippen LogP contribution in [0.5, 0.6) is 0 Å². The van der Waals surface area contributed by atoms with Crippen molar-refractivity contribution in [3.8, 4) is 0 Å². The van der Waals surface area contributed by atoms with Crippen molar-refractivity contribution in [1.82, 2.24) is 20.0 Å². The van der Waals surface area contributed by atoms with E-state index in [1.807, 2.05) is 13.8 Å². The smallest absolute Gasteiger partial charge is 0.271 e. The van der Waals surface area contributed by atoms with E-state index in [9.17, 15) is 4.79 Å². The van der Waals surface area contributed by atoms with Crippen LogP contribution in [-0.4, -0.2) is 40.9 Å². The summed E-state index contributed by atoms with van der Waals surface area (Å²) in [7, 11) is 1.72. The predicted octanol–water partition coefficient (Wildman–Crippen LogP) is -0.198. The first kappa shape index (κ1) is 12.3. The zero-order chi connectivity index (χ0) is 12.4. The number of aromatic nitrogens is 2. The third-order valence-electron chi connectivity index (χ3n) is 3.44. The van der Waals surface area contributed by atoms with E-state index < -0.39 is 0 Å². The molecule has 0 amide bonds. The van der Waals surface area contributed by atoms with Gasteiger partial charge in [0.15, 0.2) is 0 Å². The zero-order valence-corrected chi connectivity index (χ0v) is 10.8. The van der Waals surface area contributed by atoms with Gasteiger partial charge in [-0.1, -0.05) is 0 Å². The Hall–Kier alpha value is -1.20. The highest BCUT2D eigenvalue weighted by Gasteiger charge is 2.15. The fourth-order valence-corrected chi connectivity index (χ4v) is 2.20. The van der Waals surface area contributed by atoms with E-state index in [-0.39, 0.29) is 5.56 Å². The lowest BCUT2D eigenvalue weighted by Gasteiger charge is -2.27. The summed E-state index contributed by atoms with van der Waals surface area (Å²) in [6, 6.07) is 0. The molecule has 17 heavy (non-hydrogen) atoms. The highest BCUT2D eigenvalue weighted by molar-refractivity contribution is 5.25. The molecular weight excluding hydrogens is 216 g/mol. The third-order valence-corrected chi connectivity index (χ3v) is 3.44. The molecule has 5 nitrogen and oxygen atoms in total. The minimum absolute atomic E-state index is 0.0339. The standard InChI is InChI=1S/C12H20N4O/c1-9-10(2)14-15(3)12(17)11(9)8-16-6-4-13-5-7-16/h13H,4-8H2,1-3H3. The summed E-state index contributed by atoms with van der Waals surface area (Å²) in [4.78, 5) is 14.4. The SMILES string of the molecule is Cc1nn(C)c(=O)c(CN2CCNCC2)c1C. The van der Waals surface area contributed by atoms with E-state index in [2.05, 4.69) is 15.3 Å². The molecule has 0 unspecified atom stereocenters. The largest absolute Gasteiger partial charge is 0.314 e. The fraction of sp³-hybridized carbons (Fsp3) is 0.667. The van der Waals surface area contributed by atoms with Gasteiger partial charge >= 0.3 is 0 Å². The van der Waals surface area contributed by atoms with Gasteiger partial charge in [-0.3, -0.25) is 9.69 Å². The summed E-state index contributed by atoms with van der Waals surface area (Å²) in [5.74, 6) is 0. The molecule has 2 rings (SSSR count). The van der Waals surface area contributed by atoms with Gasteiger partial charge in [-0.15, -0.1) is 0 Å². The predicted molar refractivity (Wildman–Crippen MR) is 67.1 cm³/mol. The Balaban J connectivity index is 2.28. The number of rotatable bonds is 2. The average molecular weight is 236 g/mol. The van der Waals surface area contributed by atoms with Crippen LogP contribution < -0.4 is 10.9 Å². The van der Waals surface area contributed by atoms with Gasteiger partial charge in [-0.25, -0.2) is 4.68 Å². The Morgan fingerprint density at radius 2 is 1.94 bits per heavy atom. The molecule has 1 saturated heterocycles. The van der Waals surface area contributed by atoms with Gasteiger partial charge in [-0.2, -0.15) is 5.10 Å². The molecule has 1 N–H and O–H groups in total. The topological polar surface area (TPSA) is 50.2 Å². The Labute approximate surface area is 101 Å². The van der Waals surface area contributed by atoms with Gasteiger partial charge < -0.3 is 5.32 Å². The molecule has 1 aromatic rings. The number of nitrogens with zero attached hydrogens (tertiary/aromatic N) is 3. The summed E-state index contributed by atoms with van der Waals surface area (Å²) in [6.07, 6.45) is 0. The highest BCUT2D eigenvalue weighted by Crippen LogP contribution is 2.09. The first-order valence-corrected chi connectivity index (χ1v) is 6.06. The molecule has 1 aliphatic heterocycles. The van der Waals surface area contributed by atoms with Crippen molar-refractivity contribution < 1.29 is 0 Å². The van der Waals surface area contributed by atoms with Crippen molar-refractivity contribution in [2.75, 3.05) is 26.2 Å². The molecule has 94 valence electrons. The summed E-state index contributed by atoms with van der Waals surface area (Å²) < 4.78 is 1.44. The lowest BCUT2D eigenvalue weighted by atomic mass is 10.1. The van der Waals surface area contributed by atoms with Crippen LogP contribution in [0, 0.1) is 13.8 Å². The minimum Gasteiger partial charge on any atom is -0.314 e. The first-order chi connectivity index (χ1) is 8.09. The summed E-state index contributed by atoms with van der Waals surface area (Å²) in [5.41, 5.74) is 2.90. The van der Waals surface area contributed by atoms with Crippen molar-refractivity contribution in [2.24, 2.45) is 7.05 Å². The fourth-order valence-electron chi connectivity index (χ4n) is 2.20. The molecule has 1 aliphatic rings. The maximum absolute atomic E-state index is 12.1. The minimum atomic E-state index is 0.0339. The Kier molecular flexibility index (Phi) is 3.59. The van der Waals surface area contributed by atoms with Crippen LogP contribution in [0.2, 0.25) is 0 Å². The zero-order valence-electron chi connectivity index (χ0n) is 10.8. The van der Waals surface area contributed by atoms with Crippen molar-refractivity contribution in [2.45, 2.75) is 20.4 Å². The molecule has 1 fully saturated rings. The molecule has 0 aromatic carbocycles. The van der Waals surface area contributed by atoms with Crippen molar-refractivity contribution in [1.29, 1.82) is 0 Å². The third kappa shape index (κ3) is 2.56. The number of nitrogens with one attached hydrogen (secondary N) is 1. The molecule has 1 aromatic heterocycles. The number of piperazine rings is 1. The van der Waals surface area contributed by atoms with Gasteiger partial charge in [0.25, 0.3) is 5.56 Å². The Morgan fingerprint density at radius 1 is 1.29 bits per heavy atom. The molecule has 0 spiro atoms. The number of aryl methyl sites for hydroxylation is 2. The van der Waals surface area contributed by atoms with Gasteiger partial charge in [0.2, 0.25) is 0 Å². The highest BCUT2D eigenvalue weighted by atomic mass is 16.1. The van der Waals surface area contributed by atoms with Gasteiger partial charge in [-0.05, 0) is 19.4 Å². The van der Waals surface area contributed by atoms with Crippen LogP contribution in [0.1, 0.15) is 16.8 Å². The molecule has 2 heterocycles. The van der Waals surface area contributed by atoms with Gasteiger partial charge in [0, 0.05) is 45.3 Å². The maximum atomic E-state index is 12.1. The van der Waals surface area contributed by atoms with Crippen LogP contribution in [0.25, 0.3) is 0 Å². The number of hydrogen-bond acceptors (Lipinski definition) is 4.